The lowest BCUT2D eigenvalue weighted by molar-refractivity contribution is -0.127. The van der Waals surface area contributed by atoms with Crippen LogP contribution < -0.4 is 11.1 Å². The molecule has 2 unspecified atom stereocenters. The van der Waals surface area contributed by atoms with Crippen molar-refractivity contribution in [1.29, 1.82) is 5.26 Å². The van der Waals surface area contributed by atoms with Gasteiger partial charge >= 0.3 is 0 Å². The first-order valence-corrected chi connectivity index (χ1v) is 5.23. The molecule has 0 aromatic rings. The maximum absolute atomic E-state index is 11.2. The number of nitrogens with two attached hydrogens (primary N) is 1. The molecule has 0 bridgehead atoms. The van der Waals surface area contributed by atoms with E-state index < -0.39 is 0 Å². The highest BCUT2D eigenvalue weighted by molar-refractivity contribution is 5.77. The van der Waals surface area contributed by atoms with Crippen LogP contribution in [0.5, 0.6) is 0 Å². The molecule has 1 fully saturated rings. The fourth-order valence-corrected chi connectivity index (χ4v) is 1.63. The minimum atomic E-state index is -0.161. The Morgan fingerprint density at radius 1 is 1.60 bits per heavy atom. The van der Waals surface area contributed by atoms with Crippen molar-refractivity contribution in [2.45, 2.75) is 37.8 Å². The number of rotatable bonds is 5. The van der Waals surface area contributed by atoms with Crippen LogP contribution in [-0.4, -0.2) is 31.2 Å². The Balaban J connectivity index is 2.04. The third-order valence-electron chi connectivity index (χ3n) is 2.43. The van der Waals surface area contributed by atoms with Crippen LogP contribution in [-0.2, 0) is 9.53 Å². The first-order valence-electron chi connectivity index (χ1n) is 5.23. The Morgan fingerprint density at radius 3 is 3.00 bits per heavy atom. The molecule has 0 aromatic heterocycles. The number of hydrogen-bond donors (Lipinski definition) is 2. The summed E-state index contributed by atoms with van der Waals surface area (Å²) in [7, 11) is 0. The molecular weight excluding hydrogens is 194 g/mol. The molecular formula is C10H17N3O2. The van der Waals surface area contributed by atoms with Crippen LogP contribution in [0.1, 0.15) is 25.7 Å². The molecule has 0 heterocycles. The van der Waals surface area contributed by atoms with Crippen LogP contribution in [0.3, 0.4) is 0 Å². The SMILES string of the molecule is N#CCCNC(=O)COC1CCC(N)C1. The number of amides is 1. The van der Waals surface area contributed by atoms with Gasteiger partial charge in [0.15, 0.2) is 0 Å². The van der Waals surface area contributed by atoms with Crippen molar-refractivity contribution in [2.24, 2.45) is 5.73 Å². The molecule has 5 nitrogen and oxygen atoms in total. The molecule has 1 aliphatic carbocycles. The largest absolute Gasteiger partial charge is 0.368 e. The lowest BCUT2D eigenvalue weighted by Gasteiger charge is -2.10. The number of ether oxygens (including phenoxy) is 1. The molecule has 1 amide bonds. The molecule has 1 rings (SSSR count). The Bertz CT molecular complexity index is 250. The van der Waals surface area contributed by atoms with Crippen molar-refractivity contribution in [1.82, 2.24) is 5.32 Å². The van der Waals surface area contributed by atoms with Gasteiger partial charge in [0.1, 0.15) is 6.61 Å². The quantitative estimate of drug-likeness (QED) is 0.622. The van der Waals surface area contributed by atoms with Gasteiger partial charge in [-0.15, -0.1) is 0 Å². The Kier molecular flexibility index (Phi) is 5.08. The van der Waals surface area contributed by atoms with Gasteiger partial charge < -0.3 is 15.8 Å². The molecule has 1 saturated carbocycles. The second kappa shape index (κ2) is 6.38. The average molecular weight is 211 g/mol. The molecule has 0 aromatic carbocycles. The van der Waals surface area contributed by atoms with Crippen molar-refractivity contribution < 1.29 is 9.53 Å². The fraction of sp³-hybridized carbons (Fsp3) is 0.800. The molecule has 2 atom stereocenters. The first-order chi connectivity index (χ1) is 7.22. The summed E-state index contributed by atoms with van der Waals surface area (Å²) in [6.45, 7) is 0.464. The van der Waals surface area contributed by atoms with Gasteiger partial charge in [0.05, 0.1) is 18.6 Å². The minimum absolute atomic E-state index is 0.0722. The zero-order valence-electron chi connectivity index (χ0n) is 8.74. The normalized spacial score (nSPS) is 24.8. The predicted octanol–water partition coefficient (Wildman–Crippen LogP) is -0.0873. The van der Waals surface area contributed by atoms with E-state index in [9.17, 15) is 4.79 Å². The van der Waals surface area contributed by atoms with Gasteiger partial charge in [-0.05, 0) is 19.3 Å². The highest BCUT2D eigenvalue weighted by Crippen LogP contribution is 2.19. The van der Waals surface area contributed by atoms with Crippen LogP contribution in [0.4, 0.5) is 0 Å². The van der Waals surface area contributed by atoms with E-state index in [1.807, 2.05) is 6.07 Å². The van der Waals surface area contributed by atoms with Crippen molar-refractivity contribution in [3.63, 3.8) is 0 Å². The lowest BCUT2D eigenvalue weighted by Crippen LogP contribution is -2.30. The van der Waals surface area contributed by atoms with Crippen molar-refractivity contribution in [3.05, 3.63) is 0 Å². The Hall–Kier alpha value is -1.12. The van der Waals surface area contributed by atoms with Crippen molar-refractivity contribution >= 4 is 5.91 Å². The van der Waals surface area contributed by atoms with E-state index in [2.05, 4.69) is 5.32 Å². The predicted molar refractivity (Wildman–Crippen MR) is 54.8 cm³/mol. The van der Waals surface area contributed by atoms with Gasteiger partial charge in [0, 0.05) is 12.6 Å². The second-order valence-corrected chi connectivity index (χ2v) is 3.76. The maximum Gasteiger partial charge on any atom is 0.246 e. The summed E-state index contributed by atoms with van der Waals surface area (Å²) < 4.78 is 5.39. The number of carbonyl (C=O) groups is 1. The summed E-state index contributed by atoms with van der Waals surface area (Å²) in [5.41, 5.74) is 5.71. The number of nitrogens with zero attached hydrogens (tertiary/aromatic N) is 1. The topological polar surface area (TPSA) is 88.1 Å². The minimum Gasteiger partial charge on any atom is -0.368 e. The standard InChI is InChI=1S/C10H17N3O2/c11-4-1-5-13-10(14)7-15-9-3-2-8(12)6-9/h8-9H,1-3,5-7,12H2,(H,13,14). The number of nitriles is 1. The molecule has 5 heteroatoms. The van der Waals surface area contributed by atoms with Crippen molar-refractivity contribution in [3.8, 4) is 6.07 Å². The van der Waals surface area contributed by atoms with E-state index >= 15 is 0 Å². The summed E-state index contributed by atoms with van der Waals surface area (Å²) in [6.07, 6.45) is 3.21. The van der Waals surface area contributed by atoms with Gasteiger partial charge in [-0.2, -0.15) is 5.26 Å². The van der Waals surface area contributed by atoms with Crippen LogP contribution in [0.25, 0.3) is 0 Å². The van der Waals surface area contributed by atoms with E-state index in [1.54, 1.807) is 0 Å². The van der Waals surface area contributed by atoms with Crippen LogP contribution in [0.15, 0.2) is 0 Å². The number of nitrogens with one attached hydrogen (secondary N) is 1. The summed E-state index contributed by atoms with van der Waals surface area (Å²) in [6, 6.07) is 2.17. The lowest BCUT2D eigenvalue weighted by atomic mass is 10.3. The zero-order valence-corrected chi connectivity index (χ0v) is 8.74. The first kappa shape index (κ1) is 12.0. The fourth-order valence-electron chi connectivity index (χ4n) is 1.63. The van der Waals surface area contributed by atoms with Gasteiger partial charge in [0.25, 0.3) is 0 Å². The molecule has 0 radical (unpaired) electrons. The van der Waals surface area contributed by atoms with Crippen LogP contribution in [0.2, 0.25) is 0 Å². The summed E-state index contributed by atoms with van der Waals surface area (Å²) in [5.74, 6) is -0.161. The molecule has 84 valence electrons. The molecule has 15 heavy (non-hydrogen) atoms. The summed E-state index contributed by atoms with van der Waals surface area (Å²) in [5, 5.41) is 10.9. The average Bonchev–Trinajstić information content (AvgIpc) is 2.62. The maximum atomic E-state index is 11.2. The Morgan fingerprint density at radius 2 is 2.40 bits per heavy atom. The van der Waals surface area contributed by atoms with E-state index in [4.69, 9.17) is 15.7 Å². The zero-order chi connectivity index (χ0) is 11.1. The van der Waals surface area contributed by atoms with E-state index in [0.29, 0.717) is 13.0 Å². The van der Waals surface area contributed by atoms with Crippen molar-refractivity contribution in [2.75, 3.05) is 13.2 Å². The third-order valence-corrected chi connectivity index (χ3v) is 2.43. The highest BCUT2D eigenvalue weighted by Gasteiger charge is 2.22. The monoisotopic (exact) mass is 211 g/mol. The van der Waals surface area contributed by atoms with E-state index in [-0.39, 0.29) is 24.7 Å². The van der Waals surface area contributed by atoms with Gasteiger partial charge in [0.2, 0.25) is 5.91 Å². The van der Waals surface area contributed by atoms with Gasteiger partial charge in [-0.1, -0.05) is 0 Å². The number of hydrogen-bond acceptors (Lipinski definition) is 4. The van der Waals surface area contributed by atoms with Crippen LogP contribution >= 0.6 is 0 Å². The molecule has 0 spiro atoms. The molecule has 3 N–H and O–H groups in total. The summed E-state index contributed by atoms with van der Waals surface area (Å²) in [4.78, 5) is 11.2. The van der Waals surface area contributed by atoms with E-state index in [0.717, 1.165) is 19.3 Å². The third kappa shape index (κ3) is 4.77. The number of carbonyl (C=O) groups excluding carboxylic acids is 1. The van der Waals surface area contributed by atoms with Crippen LogP contribution in [0, 0.1) is 11.3 Å². The molecule has 0 aliphatic heterocycles. The Labute approximate surface area is 89.6 Å². The summed E-state index contributed by atoms with van der Waals surface area (Å²) >= 11 is 0. The second-order valence-electron chi connectivity index (χ2n) is 3.76. The molecule has 0 saturated heterocycles. The smallest absolute Gasteiger partial charge is 0.246 e. The van der Waals surface area contributed by atoms with Gasteiger partial charge in [-0.25, -0.2) is 0 Å². The highest BCUT2D eigenvalue weighted by atomic mass is 16.5. The molecule has 1 aliphatic rings. The van der Waals surface area contributed by atoms with E-state index in [1.165, 1.54) is 0 Å². The van der Waals surface area contributed by atoms with Gasteiger partial charge in [-0.3, -0.25) is 4.79 Å².